The summed E-state index contributed by atoms with van der Waals surface area (Å²) in [5.41, 5.74) is 7.98. The minimum Gasteiger partial charge on any atom is -0.356 e. The van der Waals surface area contributed by atoms with Crippen LogP contribution in [-0.4, -0.2) is 44.6 Å². The smallest absolute Gasteiger partial charge is 0.251 e. The number of aromatic nitrogens is 5. The fourth-order valence-corrected chi connectivity index (χ4v) is 4.98. The predicted molar refractivity (Wildman–Crippen MR) is 152 cm³/mol. The van der Waals surface area contributed by atoms with Gasteiger partial charge in [0.05, 0.1) is 5.39 Å². The number of nitrogens with one attached hydrogen (secondary N) is 1. The first-order valence-corrected chi connectivity index (χ1v) is 13.6. The number of halogens is 4. The summed E-state index contributed by atoms with van der Waals surface area (Å²) < 4.78 is 41.2. The number of anilines is 3. The molecule has 0 bridgehead atoms. The van der Waals surface area contributed by atoms with E-state index in [0.29, 0.717) is 35.3 Å². The molecule has 212 valence electrons. The van der Waals surface area contributed by atoms with Gasteiger partial charge in [-0.25, -0.2) is 28.7 Å². The lowest BCUT2D eigenvalue weighted by atomic mass is 9.94. The van der Waals surface area contributed by atoms with E-state index in [-0.39, 0.29) is 22.9 Å². The van der Waals surface area contributed by atoms with Gasteiger partial charge in [0.15, 0.2) is 28.4 Å². The lowest BCUT2D eigenvalue weighted by molar-refractivity contribution is 0.467. The van der Waals surface area contributed by atoms with Crippen molar-refractivity contribution in [2.45, 2.75) is 58.4 Å². The lowest BCUT2D eigenvalue weighted by Gasteiger charge is -2.30. The highest BCUT2D eigenvalue weighted by molar-refractivity contribution is 6.34. The van der Waals surface area contributed by atoms with E-state index in [9.17, 15) is 13.2 Å². The monoisotopic (exact) mass is 572 g/mol. The zero-order chi connectivity index (χ0) is 29.0. The minimum absolute atomic E-state index is 0.120. The summed E-state index contributed by atoms with van der Waals surface area (Å²) in [5.74, 6) is -3.01. The van der Waals surface area contributed by atoms with Gasteiger partial charge in [0.25, 0.3) is 5.95 Å². The highest BCUT2D eigenvalue weighted by Crippen LogP contribution is 2.38. The first-order chi connectivity index (χ1) is 19.2. The maximum atomic E-state index is 14.2. The van der Waals surface area contributed by atoms with Crippen LogP contribution < -0.4 is 16.0 Å². The second kappa shape index (κ2) is 12.7. The SMILES string of the molecule is CCCC(C)c1cnc(Cl)c2nc(-c3ccnc(Nc4nc(F)c(F)cc4F)c3)nc(N(C)C(CC)CCN)c12. The number of hydrogen-bond donors (Lipinski definition) is 2. The van der Waals surface area contributed by atoms with E-state index >= 15 is 0 Å². The number of rotatable bonds is 11. The summed E-state index contributed by atoms with van der Waals surface area (Å²) in [6.45, 7) is 6.90. The fraction of sp³-hybridized carbons (Fsp3) is 0.393. The van der Waals surface area contributed by atoms with E-state index in [1.54, 1.807) is 18.3 Å². The Labute approximate surface area is 236 Å². The molecule has 0 saturated heterocycles. The highest BCUT2D eigenvalue weighted by Gasteiger charge is 2.24. The molecule has 0 radical (unpaired) electrons. The van der Waals surface area contributed by atoms with Crippen molar-refractivity contribution in [2.24, 2.45) is 5.73 Å². The average molecular weight is 573 g/mol. The van der Waals surface area contributed by atoms with E-state index in [1.165, 1.54) is 6.20 Å². The molecular formula is C28H32ClF3N8. The third kappa shape index (κ3) is 6.10. The summed E-state index contributed by atoms with van der Waals surface area (Å²) in [6.07, 6.45) is 6.84. The van der Waals surface area contributed by atoms with Gasteiger partial charge < -0.3 is 16.0 Å². The van der Waals surface area contributed by atoms with Gasteiger partial charge in [0, 0.05) is 37.1 Å². The van der Waals surface area contributed by atoms with Crippen LogP contribution in [0, 0.1) is 17.6 Å². The van der Waals surface area contributed by atoms with Crippen molar-refractivity contribution >= 4 is 40.0 Å². The number of nitrogens with two attached hydrogens (primary N) is 1. The van der Waals surface area contributed by atoms with Crippen LogP contribution in [0.4, 0.5) is 30.6 Å². The molecule has 4 rings (SSSR count). The summed E-state index contributed by atoms with van der Waals surface area (Å²) in [4.78, 5) is 23.8. The summed E-state index contributed by atoms with van der Waals surface area (Å²) in [7, 11) is 1.98. The van der Waals surface area contributed by atoms with Crippen LogP contribution in [0.15, 0.2) is 30.6 Å². The quantitative estimate of drug-likeness (QED) is 0.190. The average Bonchev–Trinajstić information content (AvgIpc) is 2.94. The van der Waals surface area contributed by atoms with Gasteiger partial charge in [0.1, 0.15) is 17.2 Å². The normalized spacial score (nSPS) is 12.9. The van der Waals surface area contributed by atoms with Crippen molar-refractivity contribution in [2.75, 3.05) is 23.8 Å². The lowest BCUT2D eigenvalue weighted by Crippen LogP contribution is -2.34. The Morgan fingerprint density at radius 2 is 1.82 bits per heavy atom. The fourth-order valence-electron chi connectivity index (χ4n) is 4.79. The molecule has 12 heteroatoms. The molecule has 4 heterocycles. The predicted octanol–water partition coefficient (Wildman–Crippen LogP) is 6.76. The van der Waals surface area contributed by atoms with Crippen molar-refractivity contribution in [3.63, 3.8) is 0 Å². The molecule has 0 saturated carbocycles. The summed E-state index contributed by atoms with van der Waals surface area (Å²) in [5, 5.41) is 3.68. The number of pyridine rings is 3. The van der Waals surface area contributed by atoms with Crippen molar-refractivity contribution in [3.05, 3.63) is 58.9 Å². The largest absolute Gasteiger partial charge is 0.356 e. The van der Waals surface area contributed by atoms with Crippen LogP contribution in [0.25, 0.3) is 22.3 Å². The molecular weight excluding hydrogens is 541 g/mol. The standard InChI is InChI=1S/C28H32ClF3N8/c1-5-7-15(3)18-14-35-24(29)23-22(18)28(40(4)17(6-2)8-10-33)39-26(37-23)16-9-11-34-21(12-16)36-27-20(31)13-19(30)25(32)38-27/h9,11-15,17H,5-8,10,33H2,1-4H3,(H,34,36,38). The Morgan fingerprint density at radius 3 is 2.52 bits per heavy atom. The van der Waals surface area contributed by atoms with E-state index in [0.717, 1.165) is 36.6 Å². The molecule has 0 aromatic carbocycles. The van der Waals surface area contributed by atoms with Gasteiger partial charge >= 0.3 is 0 Å². The Kier molecular flexibility index (Phi) is 9.36. The van der Waals surface area contributed by atoms with Gasteiger partial charge in [-0.2, -0.15) is 9.37 Å². The molecule has 4 aromatic rings. The zero-order valence-corrected chi connectivity index (χ0v) is 23.6. The molecule has 40 heavy (non-hydrogen) atoms. The minimum atomic E-state index is -1.43. The second-order valence-corrected chi connectivity index (χ2v) is 10.0. The Bertz CT molecular complexity index is 1500. The molecule has 0 aliphatic heterocycles. The second-order valence-electron chi connectivity index (χ2n) is 9.69. The molecule has 0 aliphatic rings. The molecule has 2 atom stereocenters. The maximum absolute atomic E-state index is 14.2. The van der Waals surface area contributed by atoms with Crippen LogP contribution in [0.2, 0.25) is 5.15 Å². The van der Waals surface area contributed by atoms with Crippen LogP contribution in [0.3, 0.4) is 0 Å². The molecule has 0 fully saturated rings. The van der Waals surface area contributed by atoms with Gasteiger partial charge in [-0.3, -0.25) is 0 Å². The van der Waals surface area contributed by atoms with Crippen molar-refractivity contribution in [1.82, 2.24) is 24.9 Å². The van der Waals surface area contributed by atoms with Crippen molar-refractivity contribution < 1.29 is 13.2 Å². The Balaban J connectivity index is 1.88. The highest BCUT2D eigenvalue weighted by atomic mass is 35.5. The molecule has 0 amide bonds. The maximum Gasteiger partial charge on any atom is 0.251 e. The molecule has 8 nitrogen and oxygen atoms in total. The van der Waals surface area contributed by atoms with Gasteiger partial charge in [-0.1, -0.05) is 38.8 Å². The first kappa shape index (κ1) is 29.4. The van der Waals surface area contributed by atoms with Crippen molar-refractivity contribution in [1.29, 1.82) is 0 Å². The van der Waals surface area contributed by atoms with Crippen LogP contribution in [0.5, 0.6) is 0 Å². The van der Waals surface area contributed by atoms with E-state index < -0.39 is 23.4 Å². The van der Waals surface area contributed by atoms with E-state index in [4.69, 9.17) is 27.3 Å². The molecule has 3 N–H and O–H groups in total. The Morgan fingerprint density at radius 1 is 1.05 bits per heavy atom. The van der Waals surface area contributed by atoms with Crippen LogP contribution >= 0.6 is 11.6 Å². The number of hydrogen-bond acceptors (Lipinski definition) is 8. The van der Waals surface area contributed by atoms with Gasteiger partial charge in [-0.15, -0.1) is 0 Å². The van der Waals surface area contributed by atoms with Crippen LogP contribution in [0.1, 0.15) is 57.9 Å². The van der Waals surface area contributed by atoms with Gasteiger partial charge in [-0.05, 0) is 49.4 Å². The van der Waals surface area contributed by atoms with Crippen molar-refractivity contribution in [3.8, 4) is 11.4 Å². The van der Waals surface area contributed by atoms with Gasteiger partial charge in [0.2, 0.25) is 0 Å². The number of fused-ring (bicyclic) bond motifs is 1. The molecule has 0 aliphatic carbocycles. The molecule has 2 unspecified atom stereocenters. The summed E-state index contributed by atoms with van der Waals surface area (Å²) >= 11 is 6.62. The zero-order valence-electron chi connectivity index (χ0n) is 22.8. The molecule has 0 spiro atoms. The summed E-state index contributed by atoms with van der Waals surface area (Å²) in [6, 6.07) is 3.79. The van der Waals surface area contributed by atoms with E-state index in [2.05, 4.69) is 45.9 Å². The van der Waals surface area contributed by atoms with Crippen LogP contribution in [-0.2, 0) is 0 Å². The number of nitrogens with zero attached hydrogens (tertiary/aromatic N) is 6. The first-order valence-electron chi connectivity index (χ1n) is 13.2. The molecule has 4 aromatic heterocycles. The third-order valence-electron chi connectivity index (χ3n) is 6.95. The Hall–Kier alpha value is -3.57. The third-order valence-corrected chi connectivity index (χ3v) is 7.22. The van der Waals surface area contributed by atoms with E-state index in [1.807, 2.05) is 7.05 Å². The topological polar surface area (TPSA) is 106 Å².